The van der Waals surface area contributed by atoms with Crippen molar-refractivity contribution in [2.45, 2.75) is 58.2 Å². The van der Waals surface area contributed by atoms with E-state index in [1.165, 1.54) is 42.6 Å². The van der Waals surface area contributed by atoms with Gasteiger partial charge in [0.15, 0.2) is 0 Å². The average Bonchev–Trinajstić information content (AvgIpc) is 2.62. The van der Waals surface area contributed by atoms with Gasteiger partial charge >= 0.3 is 0 Å². The second-order valence-electron chi connectivity index (χ2n) is 8.36. The van der Waals surface area contributed by atoms with Crippen LogP contribution < -0.4 is 5.32 Å². The highest BCUT2D eigenvalue weighted by Gasteiger charge is 2.19. The van der Waals surface area contributed by atoms with Crippen molar-refractivity contribution in [1.29, 1.82) is 0 Å². The summed E-state index contributed by atoms with van der Waals surface area (Å²) in [6.45, 7) is 11.2. The van der Waals surface area contributed by atoms with Crippen LogP contribution in [0.4, 0.5) is 0 Å². The van der Waals surface area contributed by atoms with Gasteiger partial charge in [-0.2, -0.15) is 0 Å². The molecule has 2 nitrogen and oxygen atoms in total. The molecule has 25 heavy (non-hydrogen) atoms. The molecule has 2 aromatic carbocycles. The molecule has 1 heterocycles. The van der Waals surface area contributed by atoms with Gasteiger partial charge in [0, 0.05) is 19.1 Å². The Hall–Kier alpha value is -1.64. The molecule has 0 aliphatic carbocycles. The summed E-state index contributed by atoms with van der Waals surface area (Å²) >= 11 is 0. The van der Waals surface area contributed by atoms with E-state index in [2.05, 4.69) is 85.6 Å². The maximum atomic E-state index is 3.75. The number of piperidine rings is 1. The smallest absolute Gasteiger partial charge is 0.0233 e. The van der Waals surface area contributed by atoms with E-state index in [0.717, 1.165) is 13.1 Å². The number of benzene rings is 2. The van der Waals surface area contributed by atoms with Crippen molar-refractivity contribution in [3.63, 3.8) is 0 Å². The maximum absolute atomic E-state index is 3.75. The van der Waals surface area contributed by atoms with Crippen molar-refractivity contribution in [2.75, 3.05) is 13.1 Å². The zero-order valence-electron chi connectivity index (χ0n) is 16.0. The van der Waals surface area contributed by atoms with Crippen LogP contribution in [0.2, 0.25) is 0 Å². The molecule has 134 valence electrons. The fraction of sp³-hybridized carbons (Fsp3) is 0.478. The lowest BCUT2D eigenvalue weighted by molar-refractivity contribution is 0.190. The monoisotopic (exact) mass is 336 g/mol. The van der Waals surface area contributed by atoms with Crippen molar-refractivity contribution in [3.05, 3.63) is 71.3 Å². The van der Waals surface area contributed by atoms with Gasteiger partial charge in [0.05, 0.1) is 0 Å². The summed E-state index contributed by atoms with van der Waals surface area (Å²) in [5.74, 6) is 0. The van der Waals surface area contributed by atoms with Crippen molar-refractivity contribution in [3.8, 4) is 0 Å². The highest BCUT2D eigenvalue weighted by Crippen LogP contribution is 2.22. The summed E-state index contributed by atoms with van der Waals surface area (Å²) < 4.78 is 0. The van der Waals surface area contributed by atoms with Crippen LogP contribution in [0.3, 0.4) is 0 Å². The maximum Gasteiger partial charge on any atom is 0.0233 e. The van der Waals surface area contributed by atoms with Gasteiger partial charge in [0.25, 0.3) is 0 Å². The number of hydrogen-bond acceptors (Lipinski definition) is 2. The van der Waals surface area contributed by atoms with E-state index in [1.807, 2.05) is 0 Å². The quantitative estimate of drug-likeness (QED) is 0.848. The Labute approximate surface area is 153 Å². The van der Waals surface area contributed by atoms with Crippen molar-refractivity contribution in [2.24, 2.45) is 0 Å². The highest BCUT2D eigenvalue weighted by molar-refractivity contribution is 5.27. The summed E-state index contributed by atoms with van der Waals surface area (Å²) in [4.78, 5) is 2.58. The van der Waals surface area contributed by atoms with Gasteiger partial charge in [-0.05, 0) is 48.0 Å². The van der Waals surface area contributed by atoms with Gasteiger partial charge in [-0.25, -0.2) is 0 Å². The van der Waals surface area contributed by atoms with Crippen LogP contribution in [0.25, 0.3) is 0 Å². The molecule has 0 unspecified atom stereocenters. The first-order valence-corrected chi connectivity index (χ1v) is 9.60. The molecule has 0 atom stereocenters. The van der Waals surface area contributed by atoms with E-state index in [0.29, 0.717) is 6.04 Å². The van der Waals surface area contributed by atoms with Gasteiger partial charge < -0.3 is 5.32 Å². The molecule has 0 aromatic heterocycles. The van der Waals surface area contributed by atoms with Gasteiger partial charge in [-0.1, -0.05) is 75.4 Å². The van der Waals surface area contributed by atoms with Crippen LogP contribution in [-0.4, -0.2) is 24.0 Å². The number of nitrogens with zero attached hydrogens (tertiary/aromatic N) is 1. The second-order valence-corrected chi connectivity index (χ2v) is 8.36. The molecule has 0 bridgehead atoms. The summed E-state index contributed by atoms with van der Waals surface area (Å²) in [6.07, 6.45) is 2.49. The first-order chi connectivity index (χ1) is 12.0. The van der Waals surface area contributed by atoms with E-state index < -0.39 is 0 Å². The van der Waals surface area contributed by atoms with Crippen molar-refractivity contribution >= 4 is 0 Å². The van der Waals surface area contributed by atoms with Gasteiger partial charge in [-0.3, -0.25) is 4.90 Å². The summed E-state index contributed by atoms with van der Waals surface area (Å²) in [5.41, 5.74) is 4.45. The zero-order chi connectivity index (χ0) is 17.7. The summed E-state index contributed by atoms with van der Waals surface area (Å²) in [7, 11) is 0. The molecule has 1 fully saturated rings. The Morgan fingerprint density at radius 2 is 1.52 bits per heavy atom. The van der Waals surface area contributed by atoms with E-state index >= 15 is 0 Å². The molecular formula is C23H32N2. The minimum absolute atomic E-state index is 0.234. The molecule has 0 spiro atoms. The number of nitrogens with one attached hydrogen (secondary N) is 1. The Kier molecular flexibility index (Phi) is 5.93. The molecule has 2 aromatic rings. The van der Waals surface area contributed by atoms with Crippen molar-refractivity contribution < 1.29 is 0 Å². The fourth-order valence-electron chi connectivity index (χ4n) is 3.52. The molecule has 1 aliphatic rings. The molecule has 1 saturated heterocycles. The van der Waals surface area contributed by atoms with Crippen LogP contribution in [0.15, 0.2) is 54.6 Å². The molecule has 1 N–H and O–H groups in total. The second kappa shape index (κ2) is 8.16. The largest absolute Gasteiger partial charge is 0.310 e. The van der Waals surface area contributed by atoms with Crippen LogP contribution >= 0.6 is 0 Å². The van der Waals surface area contributed by atoms with Gasteiger partial charge in [-0.15, -0.1) is 0 Å². The minimum atomic E-state index is 0.234. The minimum Gasteiger partial charge on any atom is -0.310 e. The number of rotatable bonds is 5. The normalized spacial score (nSPS) is 16.9. The van der Waals surface area contributed by atoms with Gasteiger partial charge in [0.1, 0.15) is 0 Å². The topological polar surface area (TPSA) is 15.3 Å². The zero-order valence-corrected chi connectivity index (χ0v) is 16.0. The van der Waals surface area contributed by atoms with E-state index in [-0.39, 0.29) is 5.41 Å². The Balaban J connectivity index is 1.42. The third kappa shape index (κ3) is 5.42. The lowest BCUT2D eigenvalue weighted by Gasteiger charge is -2.32. The van der Waals surface area contributed by atoms with Crippen LogP contribution in [-0.2, 0) is 18.5 Å². The third-order valence-electron chi connectivity index (χ3n) is 5.25. The van der Waals surface area contributed by atoms with Crippen LogP contribution in [0.1, 0.15) is 50.3 Å². The summed E-state index contributed by atoms with van der Waals surface area (Å²) in [5, 5.41) is 3.75. The molecular weight excluding hydrogens is 304 g/mol. The fourth-order valence-corrected chi connectivity index (χ4v) is 3.52. The first kappa shape index (κ1) is 18.2. The Bertz CT molecular complexity index is 632. The predicted molar refractivity (Wildman–Crippen MR) is 107 cm³/mol. The number of likely N-dealkylation sites (tertiary alicyclic amines) is 1. The molecule has 0 saturated carbocycles. The van der Waals surface area contributed by atoms with Gasteiger partial charge in [0.2, 0.25) is 0 Å². The molecule has 2 heteroatoms. The highest BCUT2D eigenvalue weighted by atomic mass is 15.1. The Morgan fingerprint density at radius 3 is 2.12 bits per heavy atom. The molecule has 3 rings (SSSR count). The Morgan fingerprint density at radius 1 is 0.880 bits per heavy atom. The SMILES string of the molecule is CC(C)(C)c1ccc(CNC2CCN(Cc3ccccc3)CC2)cc1. The van der Waals surface area contributed by atoms with E-state index in [4.69, 9.17) is 0 Å². The number of hydrogen-bond donors (Lipinski definition) is 1. The molecule has 0 radical (unpaired) electrons. The van der Waals surface area contributed by atoms with E-state index in [9.17, 15) is 0 Å². The standard InChI is InChI=1S/C23H32N2/c1-23(2,3)21-11-9-19(10-12-21)17-24-22-13-15-25(16-14-22)18-20-7-5-4-6-8-20/h4-12,22,24H,13-18H2,1-3H3. The lowest BCUT2D eigenvalue weighted by atomic mass is 9.87. The first-order valence-electron chi connectivity index (χ1n) is 9.60. The molecule has 0 amide bonds. The summed E-state index contributed by atoms with van der Waals surface area (Å²) in [6, 6.07) is 20.6. The van der Waals surface area contributed by atoms with Crippen molar-refractivity contribution in [1.82, 2.24) is 10.2 Å². The average molecular weight is 337 g/mol. The molecule has 1 aliphatic heterocycles. The third-order valence-corrected chi connectivity index (χ3v) is 5.25. The van der Waals surface area contributed by atoms with E-state index in [1.54, 1.807) is 0 Å². The predicted octanol–water partition coefficient (Wildman–Crippen LogP) is 4.74. The van der Waals surface area contributed by atoms with Crippen LogP contribution in [0.5, 0.6) is 0 Å². The van der Waals surface area contributed by atoms with Crippen LogP contribution in [0, 0.1) is 0 Å². The lowest BCUT2D eigenvalue weighted by Crippen LogP contribution is -2.41.